The molecule has 0 atom stereocenters. The summed E-state index contributed by atoms with van der Waals surface area (Å²) in [6, 6.07) is -6.76. The highest BCUT2D eigenvalue weighted by Crippen LogP contribution is 2.58. The van der Waals surface area contributed by atoms with E-state index in [9.17, 15) is 0 Å². The van der Waals surface area contributed by atoms with Crippen molar-refractivity contribution in [3.8, 4) is 0 Å². The summed E-state index contributed by atoms with van der Waals surface area (Å²) in [6.07, 6.45) is -6.24. The van der Waals surface area contributed by atoms with Gasteiger partial charge in [0, 0.05) is 0 Å². The molecule has 0 saturated carbocycles. The maximum Gasteiger partial charge on any atom is 0.368 e. The highest BCUT2D eigenvalue weighted by Gasteiger charge is 2.72. The molecule has 0 radical (unpaired) electrons. The zero-order valence-corrected chi connectivity index (χ0v) is 23.5. The van der Waals surface area contributed by atoms with Crippen LogP contribution in [0.25, 0.3) is 0 Å². The fourth-order valence-electron chi connectivity index (χ4n) is 1.80. The Kier molecular flexibility index (Phi) is 8.20. The van der Waals surface area contributed by atoms with Crippen LogP contribution < -0.4 is 0 Å². The predicted octanol–water partition coefficient (Wildman–Crippen LogP) is 7.53. The molecular formula is C4H4Cl12Si5. The van der Waals surface area contributed by atoms with Crippen LogP contribution in [0.2, 0.25) is 6.04 Å². The summed E-state index contributed by atoms with van der Waals surface area (Å²) >= 11 is 75.0. The summed E-state index contributed by atoms with van der Waals surface area (Å²) in [7, 11) is 0. The van der Waals surface area contributed by atoms with Gasteiger partial charge in [0.1, 0.15) is 0 Å². The smallest absolute Gasteiger partial charge is 0.147 e. The van der Waals surface area contributed by atoms with Crippen molar-refractivity contribution >= 4 is 163 Å². The van der Waals surface area contributed by atoms with Crippen LogP contribution in [-0.4, -0.2) is 30.2 Å². The molecule has 0 spiro atoms. The lowest BCUT2D eigenvalue weighted by atomic mass is 10.5. The Morgan fingerprint density at radius 3 is 1.48 bits per heavy atom. The van der Waals surface area contributed by atoms with Crippen molar-refractivity contribution in [1.82, 2.24) is 0 Å². The van der Waals surface area contributed by atoms with E-state index in [0.717, 1.165) is 0 Å². The maximum absolute atomic E-state index is 6.52. The van der Waals surface area contributed by atoms with Gasteiger partial charge in [-0.05, 0) is 17.3 Å². The van der Waals surface area contributed by atoms with Gasteiger partial charge in [-0.3, -0.25) is 0 Å². The minimum atomic E-state index is -3.54. The Hall–Kier alpha value is 4.30. The first-order valence-electron chi connectivity index (χ1n) is 4.97. The fourth-order valence-corrected chi connectivity index (χ4v) is 64.0. The third-order valence-corrected chi connectivity index (χ3v) is 67.7. The van der Waals surface area contributed by atoms with Gasteiger partial charge in [-0.25, -0.2) is 0 Å². The second-order valence-electron chi connectivity index (χ2n) is 4.20. The van der Waals surface area contributed by atoms with E-state index in [1.807, 2.05) is 0 Å². The van der Waals surface area contributed by atoms with Crippen molar-refractivity contribution in [3.05, 3.63) is 10.0 Å². The standard InChI is InChI=1S/C4H4Cl12Si5/c5-17(6)2-1-3(20(13,14)21(17,15)16)4(18(7,8)9)19(10,11)12/h1-2H2. The molecule has 1 rings (SSSR count). The van der Waals surface area contributed by atoms with E-state index in [0.29, 0.717) is 11.2 Å². The SMILES string of the molecule is Cl[Si](Cl)(Cl)C(=C1CC[Si](Cl)(Cl)[Si](Cl)(Cl)[Si]1(Cl)Cl)[Si](Cl)(Cl)Cl. The molecule has 0 bridgehead atoms. The van der Waals surface area contributed by atoms with E-state index in [1.54, 1.807) is 0 Å². The minimum Gasteiger partial charge on any atom is -0.147 e. The van der Waals surface area contributed by atoms with Gasteiger partial charge in [0.05, 0.1) is 0 Å². The summed E-state index contributed by atoms with van der Waals surface area (Å²) in [6.45, 7) is 0. The zero-order chi connectivity index (χ0) is 17.1. The Morgan fingerprint density at radius 1 is 0.762 bits per heavy atom. The van der Waals surface area contributed by atoms with Crippen molar-refractivity contribution in [2.45, 2.75) is 12.5 Å². The Labute approximate surface area is 183 Å². The summed E-state index contributed by atoms with van der Waals surface area (Å²) in [5.74, 6) is 0. The molecule has 0 N–H and O–H groups in total. The lowest BCUT2D eigenvalue weighted by molar-refractivity contribution is 1.16. The van der Waals surface area contributed by atoms with E-state index in [2.05, 4.69) is 0 Å². The van der Waals surface area contributed by atoms with E-state index in [1.165, 1.54) is 0 Å². The Balaban J connectivity index is 3.65. The average molecular weight is 618 g/mol. The van der Waals surface area contributed by atoms with Crippen LogP contribution in [0.4, 0.5) is 0 Å². The molecule has 0 aromatic rings. The molecule has 1 saturated heterocycles. The summed E-state index contributed by atoms with van der Waals surface area (Å²) in [5.41, 5.74) is -3.41. The molecule has 21 heavy (non-hydrogen) atoms. The van der Waals surface area contributed by atoms with Crippen LogP contribution in [0.1, 0.15) is 6.42 Å². The number of halogens is 12. The van der Waals surface area contributed by atoms with E-state index in [-0.39, 0.29) is 11.2 Å². The van der Waals surface area contributed by atoms with Gasteiger partial charge in [-0.2, -0.15) is 0 Å². The van der Waals surface area contributed by atoms with Gasteiger partial charge in [0.25, 0.3) is 12.4 Å². The van der Waals surface area contributed by atoms with E-state index >= 15 is 0 Å². The van der Waals surface area contributed by atoms with Gasteiger partial charge in [0.2, 0.25) is 0 Å². The number of rotatable bonds is 2. The first kappa shape index (κ1) is 23.3. The molecule has 1 heterocycles. The molecule has 124 valence electrons. The highest BCUT2D eigenvalue weighted by molar-refractivity contribution is 8.16. The van der Waals surface area contributed by atoms with Crippen LogP contribution in [-0.2, 0) is 0 Å². The van der Waals surface area contributed by atoms with Gasteiger partial charge in [0.15, 0.2) is 0 Å². The molecule has 0 aromatic heterocycles. The Morgan fingerprint density at radius 2 is 1.14 bits per heavy atom. The first-order valence-corrected chi connectivity index (χ1v) is 29.3. The predicted molar refractivity (Wildman–Crippen MR) is 115 cm³/mol. The third-order valence-electron chi connectivity index (χ3n) is 2.79. The number of hydrogen-bond acceptors (Lipinski definition) is 0. The molecule has 1 aliphatic heterocycles. The normalized spacial score (nSPS) is 24.9. The largest absolute Gasteiger partial charge is 0.368 e. The molecule has 0 aliphatic carbocycles. The average Bonchev–Trinajstić information content (AvgIpc) is 2.17. The fraction of sp³-hybridized carbons (Fsp3) is 0.500. The highest BCUT2D eigenvalue weighted by atomic mass is 35.9. The molecule has 0 aromatic carbocycles. The van der Waals surface area contributed by atoms with Crippen molar-refractivity contribution in [2.24, 2.45) is 0 Å². The second kappa shape index (κ2) is 7.38. The van der Waals surface area contributed by atoms with Gasteiger partial charge in [-0.15, -0.1) is 133 Å². The van der Waals surface area contributed by atoms with Crippen LogP contribution in [0.3, 0.4) is 0 Å². The van der Waals surface area contributed by atoms with E-state index in [4.69, 9.17) is 133 Å². The first-order chi connectivity index (χ1) is 8.96. The van der Waals surface area contributed by atoms with Crippen molar-refractivity contribution < 1.29 is 0 Å². The number of allylic oxidation sites excluding steroid dienone is 1. The molecule has 17 heteroatoms. The van der Waals surface area contributed by atoms with Crippen LogP contribution in [0.5, 0.6) is 0 Å². The van der Waals surface area contributed by atoms with Crippen molar-refractivity contribution in [2.75, 3.05) is 0 Å². The lowest BCUT2D eigenvalue weighted by Gasteiger charge is -2.43. The van der Waals surface area contributed by atoms with Crippen molar-refractivity contribution in [3.63, 3.8) is 0 Å². The molecular weight excluding hydrogens is 614 g/mol. The molecule has 1 aliphatic rings. The van der Waals surface area contributed by atoms with Gasteiger partial charge in [-0.1, -0.05) is 5.20 Å². The lowest BCUT2D eigenvalue weighted by Crippen LogP contribution is -2.67. The van der Waals surface area contributed by atoms with Gasteiger partial charge < -0.3 is 0 Å². The minimum absolute atomic E-state index is 0.123. The molecule has 0 nitrogen and oxygen atoms in total. The monoisotopic (exact) mass is 612 g/mol. The second-order valence-corrected chi connectivity index (χ2v) is 57.0. The van der Waals surface area contributed by atoms with Crippen LogP contribution in [0.15, 0.2) is 10.0 Å². The van der Waals surface area contributed by atoms with Crippen LogP contribution >= 0.6 is 133 Å². The third kappa shape index (κ3) is 4.78. The number of hydrogen-bond donors (Lipinski definition) is 0. The van der Waals surface area contributed by atoms with Crippen LogP contribution in [0, 0.1) is 0 Å². The summed E-state index contributed by atoms with van der Waals surface area (Å²) in [4.78, 5) is 0.123. The molecule has 0 unspecified atom stereocenters. The Bertz CT molecular complexity index is 441. The maximum atomic E-state index is 6.52. The molecule has 0 amide bonds. The van der Waals surface area contributed by atoms with Gasteiger partial charge >= 0.3 is 17.7 Å². The summed E-state index contributed by atoms with van der Waals surface area (Å²) in [5, 5.41) is 0.394. The quantitative estimate of drug-likeness (QED) is 0.222. The topological polar surface area (TPSA) is 0 Å². The van der Waals surface area contributed by atoms with Crippen molar-refractivity contribution in [1.29, 1.82) is 0 Å². The summed E-state index contributed by atoms with van der Waals surface area (Å²) < 4.78 is 0. The zero-order valence-electron chi connectivity index (χ0n) is 9.45. The van der Waals surface area contributed by atoms with E-state index < -0.39 is 30.2 Å². The molecule has 1 fully saturated rings.